The van der Waals surface area contributed by atoms with Crippen molar-refractivity contribution in [3.05, 3.63) is 35.4 Å². The molecule has 1 amide bonds. The van der Waals surface area contributed by atoms with Gasteiger partial charge in [0.05, 0.1) is 13.1 Å². The maximum Gasteiger partial charge on any atom is 0.241 e. The molecule has 1 aliphatic rings. The Morgan fingerprint density at radius 3 is 2.46 bits per heavy atom. The number of amides is 1. The zero-order valence-electron chi connectivity index (χ0n) is 15.0. The quantitative estimate of drug-likeness (QED) is 0.622. The predicted molar refractivity (Wildman–Crippen MR) is 99.1 cm³/mol. The van der Waals surface area contributed by atoms with Gasteiger partial charge in [0.1, 0.15) is 0 Å². The van der Waals surface area contributed by atoms with Crippen molar-refractivity contribution in [3.8, 4) is 0 Å². The summed E-state index contributed by atoms with van der Waals surface area (Å²) in [6, 6.07) is 8.37. The molecule has 5 nitrogen and oxygen atoms in total. The van der Waals surface area contributed by atoms with Gasteiger partial charge in [-0.2, -0.15) is 0 Å². The van der Waals surface area contributed by atoms with Gasteiger partial charge >= 0.3 is 0 Å². The van der Waals surface area contributed by atoms with Crippen LogP contribution >= 0.6 is 0 Å². The molecular formula is C19H30N4O. The molecule has 0 spiro atoms. The number of benzene rings is 1. The molecule has 132 valence electrons. The lowest BCUT2D eigenvalue weighted by atomic mass is 10.1. The van der Waals surface area contributed by atoms with E-state index < -0.39 is 0 Å². The third-order valence-corrected chi connectivity index (χ3v) is 4.37. The van der Waals surface area contributed by atoms with E-state index in [-0.39, 0.29) is 5.91 Å². The van der Waals surface area contributed by atoms with E-state index in [2.05, 4.69) is 40.7 Å². The molecule has 1 saturated heterocycles. The van der Waals surface area contributed by atoms with Gasteiger partial charge in [-0.3, -0.25) is 4.79 Å². The summed E-state index contributed by atoms with van der Waals surface area (Å²) in [6.45, 7) is 7.67. The lowest BCUT2D eigenvalue weighted by Crippen LogP contribution is -2.46. The Morgan fingerprint density at radius 2 is 1.79 bits per heavy atom. The van der Waals surface area contributed by atoms with Crippen LogP contribution in [0.25, 0.3) is 0 Å². The second kappa shape index (κ2) is 9.96. The third kappa shape index (κ3) is 5.55. The van der Waals surface area contributed by atoms with E-state index in [9.17, 15) is 4.79 Å². The number of piperidine rings is 1. The SMILES string of the molecule is CCNC(=NCc1ccccc1CC)NCC(=O)N1CCCCC1. The minimum atomic E-state index is 0.161. The average Bonchev–Trinajstić information content (AvgIpc) is 2.64. The Labute approximate surface area is 145 Å². The summed E-state index contributed by atoms with van der Waals surface area (Å²) in [6.07, 6.45) is 4.47. The number of nitrogens with one attached hydrogen (secondary N) is 2. The number of aliphatic imine (C=N–C) groups is 1. The summed E-state index contributed by atoms with van der Waals surface area (Å²) in [7, 11) is 0. The molecule has 0 radical (unpaired) electrons. The van der Waals surface area contributed by atoms with Crippen LogP contribution in [0.1, 0.15) is 44.2 Å². The van der Waals surface area contributed by atoms with Crippen molar-refractivity contribution in [1.82, 2.24) is 15.5 Å². The number of aryl methyl sites for hydroxylation is 1. The van der Waals surface area contributed by atoms with Crippen molar-refractivity contribution in [2.24, 2.45) is 4.99 Å². The first-order chi connectivity index (χ1) is 11.7. The molecule has 0 aromatic heterocycles. The van der Waals surface area contributed by atoms with Crippen LogP contribution in [0.5, 0.6) is 0 Å². The fourth-order valence-corrected chi connectivity index (χ4v) is 2.98. The Bertz CT molecular complexity index is 550. The molecule has 2 rings (SSSR count). The van der Waals surface area contributed by atoms with Crippen molar-refractivity contribution in [2.45, 2.75) is 46.1 Å². The van der Waals surface area contributed by atoms with Crippen LogP contribution in [0.2, 0.25) is 0 Å². The molecular weight excluding hydrogens is 300 g/mol. The van der Waals surface area contributed by atoms with Gasteiger partial charge in [-0.05, 0) is 43.7 Å². The fourth-order valence-electron chi connectivity index (χ4n) is 2.98. The minimum absolute atomic E-state index is 0.161. The van der Waals surface area contributed by atoms with Gasteiger partial charge in [0.15, 0.2) is 5.96 Å². The highest BCUT2D eigenvalue weighted by Gasteiger charge is 2.16. The molecule has 0 atom stereocenters. The van der Waals surface area contributed by atoms with Crippen LogP contribution < -0.4 is 10.6 Å². The Hall–Kier alpha value is -2.04. The van der Waals surface area contributed by atoms with E-state index in [4.69, 9.17) is 0 Å². The van der Waals surface area contributed by atoms with Crippen molar-refractivity contribution >= 4 is 11.9 Å². The maximum atomic E-state index is 12.3. The Morgan fingerprint density at radius 1 is 1.08 bits per heavy atom. The lowest BCUT2D eigenvalue weighted by molar-refractivity contribution is -0.130. The van der Waals surface area contributed by atoms with Crippen LogP contribution in [0.15, 0.2) is 29.3 Å². The number of hydrogen-bond donors (Lipinski definition) is 2. The molecule has 24 heavy (non-hydrogen) atoms. The number of rotatable bonds is 6. The molecule has 1 fully saturated rings. The molecule has 1 aromatic carbocycles. The smallest absolute Gasteiger partial charge is 0.241 e. The number of likely N-dealkylation sites (tertiary alicyclic amines) is 1. The second-order valence-corrected chi connectivity index (χ2v) is 6.11. The average molecular weight is 330 g/mol. The molecule has 1 heterocycles. The Balaban J connectivity index is 1.91. The molecule has 2 N–H and O–H groups in total. The van der Waals surface area contributed by atoms with Gasteiger partial charge in [0, 0.05) is 19.6 Å². The van der Waals surface area contributed by atoms with E-state index in [1.54, 1.807) is 0 Å². The fraction of sp³-hybridized carbons (Fsp3) is 0.579. The van der Waals surface area contributed by atoms with Gasteiger partial charge in [-0.25, -0.2) is 4.99 Å². The number of nitrogens with zero attached hydrogens (tertiary/aromatic N) is 2. The third-order valence-electron chi connectivity index (χ3n) is 4.37. The molecule has 1 aromatic rings. The van der Waals surface area contributed by atoms with Crippen molar-refractivity contribution in [3.63, 3.8) is 0 Å². The zero-order chi connectivity index (χ0) is 17.2. The van der Waals surface area contributed by atoms with Crippen molar-refractivity contribution < 1.29 is 4.79 Å². The highest BCUT2D eigenvalue weighted by atomic mass is 16.2. The standard InChI is InChI=1S/C19H30N4O/c1-3-16-10-6-7-11-17(16)14-21-19(20-4-2)22-15-18(24)23-12-8-5-9-13-23/h6-7,10-11H,3-5,8-9,12-15H2,1-2H3,(H2,20,21,22). The summed E-state index contributed by atoms with van der Waals surface area (Å²) in [5.41, 5.74) is 2.56. The van der Waals surface area contributed by atoms with E-state index in [1.807, 2.05) is 17.9 Å². The summed E-state index contributed by atoms with van der Waals surface area (Å²) >= 11 is 0. The largest absolute Gasteiger partial charge is 0.357 e. The minimum Gasteiger partial charge on any atom is -0.357 e. The molecule has 5 heteroatoms. The van der Waals surface area contributed by atoms with Crippen LogP contribution in [-0.2, 0) is 17.8 Å². The summed E-state index contributed by atoms with van der Waals surface area (Å²) < 4.78 is 0. The maximum absolute atomic E-state index is 12.3. The summed E-state index contributed by atoms with van der Waals surface area (Å²) in [5, 5.41) is 6.39. The van der Waals surface area contributed by atoms with Crippen molar-refractivity contribution in [2.75, 3.05) is 26.2 Å². The monoisotopic (exact) mass is 330 g/mol. The molecule has 0 unspecified atom stereocenters. The second-order valence-electron chi connectivity index (χ2n) is 6.11. The first kappa shape index (κ1) is 18.3. The molecule has 0 saturated carbocycles. The van der Waals surface area contributed by atoms with E-state index >= 15 is 0 Å². The van der Waals surface area contributed by atoms with Gasteiger partial charge in [0.25, 0.3) is 0 Å². The summed E-state index contributed by atoms with van der Waals surface area (Å²) in [5.74, 6) is 0.864. The zero-order valence-corrected chi connectivity index (χ0v) is 15.0. The van der Waals surface area contributed by atoms with Gasteiger partial charge in [-0.1, -0.05) is 31.2 Å². The number of carbonyl (C=O) groups excluding carboxylic acids is 1. The first-order valence-corrected chi connectivity index (χ1v) is 9.11. The van der Waals surface area contributed by atoms with Crippen LogP contribution in [-0.4, -0.2) is 42.9 Å². The summed E-state index contributed by atoms with van der Waals surface area (Å²) in [4.78, 5) is 18.8. The van der Waals surface area contributed by atoms with Crippen LogP contribution in [0, 0.1) is 0 Å². The number of carbonyl (C=O) groups is 1. The van der Waals surface area contributed by atoms with Crippen LogP contribution in [0.3, 0.4) is 0 Å². The Kier molecular flexibility index (Phi) is 7.59. The van der Waals surface area contributed by atoms with Gasteiger partial charge in [-0.15, -0.1) is 0 Å². The number of hydrogen-bond acceptors (Lipinski definition) is 2. The molecule has 1 aliphatic heterocycles. The molecule has 0 bridgehead atoms. The van der Waals surface area contributed by atoms with E-state index in [1.165, 1.54) is 17.5 Å². The normalized spacial score (nSPS) is 15.2. The number of guanidine groups is 1. The topological polar surface area (TPSA) is 56.7 Å². The molecule has 0 aliphatic carbocycles. The first-order valence-electron chi connectivity index (χ1n) is 9.11. The highest BCUT2D eigenvalue weighted by Crippen LogP contribution is 2.10. The van der Waals surface area contributed by atoms with Crippen LogP contribution in [0.4, 0.5) is 0 Å². The highest BCUT2D eigenvalue weighted by molar-refractivity contribution is 5.86. The van der Waals surface area contributed by atoms with E-state index in [0.29, 0.717) is 19.0 Å². The van der Waals surface area contributed by atoms with Gasteiger partial charge in [0.2, 0.25) is 5.91 Å². The van der Waals surface area contributed by atoms with E-state index in [0.717, 1.165) is 38.9 Å². The van der Waals surface area contributed by atoms with Crippen molar-refractivity contribution in [1.29, 1.82) is 0 Å². The van der Waals surface area contributed by atoms with Gasteiger partial charge < -0.3 is 15.5 Å². The predicted octanol–water partition coefficient (Wildman–Crippen LogP) is 2.32. The lowest BCUT2D eigenvalue weighted by Gasteiger charge is -2.27.